The Morgan fingerprint density at radius 2 is 0.608 bits per heavy atom. The molecule has 23 aromatic rings. The van der Waals surface area contributed by atoms with Gasteiger partial charge in [-0.25, -0.2) is 24.9 Å². The minimum Gasteiger partial charge on any atom is -0.308 e. The van der Waals surface area contributed by atoms with Crippen molar-refractivity contribution in [1.29, 1.82) is 0 Å². The van der Waals surface area contributed by atoms with Crippen molar-refractivity contribution in [3.8, 4) is 96.0 Å². The van der Waals surface area contributed by atoms with Crippen LogP contribution in [-0.2, 0) is 13.7 Å². The van der Waals surface area contributed by atoms with Crippen molar-refractivity contribution in [2.75, 3.05) is 0 Å². The van der Waals surface area contributed by atoms with Gasteiger partial charge >= 0.3 is 0 Å². The highest BCUT2D eigenvalue weighted by atomic mass is 31.2. The predicted octanol–water partition coefficient (Wildman–Crippen LogP) is 24.1. The smallest absolute Gasteiger partial charge is 0.175 e. The standard InChI is InChI=1S/C43H29N2OP.C39H24N5OP.C33H23N2OP/c46-47(36-16-8-3-9-17-36)40-21-11-19-38-41(40)45(43(44-38)35-14-6-2-7-15-35)39-20-10-18-37(42(39)47)34-28-26-33(27-29-34)32-24-22-31(23-25-32)30-12-4-1-5-13-30;45-46(26-15-5-2-6-16-26)34-24-12-21-31-35(34)43(37(42-31)25-13-3-1-4-14-25)33-23-11-18-28(36(33)46)39-40-29-19-8-7-17-27(29)38-41-30-20-9-10-22-32(30)44(38)39;36-37(27-17-8-3-9-18-27)30-21-11-19-28-31(30)35(33(34-28)26-14-6-2-7-15-26)29-20-10-16-25(32(29)37)23-22-24-12-4-1-5-13-24/h1-29H;1-24H;1-23H/b;;23-22+/i1D,4D,5D,12D,13D;;. The van der Waals surface area contributed by atoms with Gasteiger partial charge in [0, 0.05) is 59.5 Å². The first-order valence-electron chi connectivity index (χ1n) is 45.5. The first-order valence-corrected chi connectivity index (χ1v) is 48.1. The molecule has 3 aliphatic rings. The minimum atomic E-state index is -3.46. The molecular formula is C115H76N9O3P3. The molecule has 0 aliphatic carbocycles. The van der Waals surface area contributed by atoms with Crippen LogP contribution >= 0.6 is 21.4 Å². The zero-order valence-corrected chi connectivity index (χ0v) is 72.3. The van der Waals surface area contributed by atoms with Crippen molar-refractivity contribution in [3.05, 3.63) is 460 Å². The summed E-state index contributed by atoms with van der Waals surface area (Å²) in [5.74, 6) is 3.16. The van der Waals surface area contributed by atoms with E-state index in [2.05, 4.69) is 115 Å². The Morgan fingerprint density at radius 1 is 0.254 bits per heavy atom. The highest BCUT2D eigenvalue weighted by Crippen LogP contribution is 2.56. The molecule has 15 heteroatoms. The number of para-hydroxylation sites is 6. The largest absolute Gasteiger partial charge is 0.308 e. The van der Waals surface area contributed by atoms with E-state index in [0.29, 0.717) is 11.4 Å². The van der Waals surface area contributed by atoms with Crippen LogP contribution in [0.1, 0.15) is 18.0 Å². The van der Waals surface area contributed by atoms with Crippen LogP contribution in [0.25, 0.3) is 169 Å². The number of imidazole rings is 4. The van der Waals surface area contributed by atoms with Gasteiger partial charge in [0.15, 0.2) is 21.4 Å². The molecule has 614 valence electrons. The van der Waals surface area contributed by atoms with E-state index in [0.717, 1.165) is 199 Å². The Kier molecular flexibility index (Phi) is 17.5. The zero-order chi connectivity index (χ0) is 91.0. The van der Waals surface area contributed by atoms with Crippen molar-refractivity contribution in [1.82, 2.24) is 43.0 Å². The summed E-state index contributed by atoms with van der Waals surface area (Å²) in [6, 6.07) is 137. The maximum absolute atomic E-state index is 16.3. The van der Waals surface area contributed by atoms with Gasteiger partial charge in [-0.2, -0.15) is 0 Å². The molecule has 26 rings (SSSR count). The summed E-state index contributed by atoms with van der Waals surface area (Å²) >= 11 is 0. The van der Waals surface area contributed by atoms with Gasteiger partial charge in [0.2, 0.25) is 0 Å². The molecule has 0 bridgehead atoms. The molecule has 3 unspecified atom stereocenters. The second kappa shape index (κ2) is 31.5. The summed E-state index contributed by atoms with van der Waals surface area (Å²) in [7, 11) is -10.1. The molecule has 3 atom stereocenters. The fraction of sp³-hybridized carbons (Fsp3) is 0. The fourth-order valence-corrected chi connectivity index (χ4v) is 28.9. The molecule has 3 aliphatic heterocycles. The third kappa shape index (κ3) is 12.4. The average molecular weight is 1730 g/mol. The number of benzene rings is 18. The van der Waals surface area contributed by atoms with Crippen LogP contribution in [-0.4, -0.2) is 43.0 Å². The first-order chi connectivity index (χ1) is 66.2. The predicted molar refractivity (Wildman–Crippen MR) is 537 cm³/mol. The lowest BCUT2D eigenvalue weighted by molar-refractivity contribution is 0.591. The Labute approximate surface area is 756 Å². The van der Waals surface area contributed by atoms with Crippen LogP contribution in [0, 0.1) is 0 Å². The van der Waals surface area contributed by atoms with Gasteiger partial charge < -0.3 is 13.7 Å². The van der Waals surface area contributed by atoms with Crippen molar-refractivity contribution >= 4 is 142 Å². The lowest BCUT2D eigenvalue weighted by atomic mass is 9.98. The van der Waals surface area contributed by atoms with Gasteiger partial charge in [0.25, 0.3) is 0 Å². The van der Waals surface area contributed by atoms with Crippen molar-refractivity contribution in [2.45, 2.75) is 0 Å². The first kappa shape index (κ1) is 72.1. The van der Waals surface area contributed by atoms with E-state index in [1.165, 1.54) is 0 Å². The summed E-state index contributed by atoms with van der Waals surface area (Å²) < 4.78 is 97.4. The topological polar surface area (TPSA) is 135 Å². The van der Waals surface area contributed by atoms with Gasteiger partial charge in [-0.05, 0) is 123 Å². The monoisotopic (exact) mass is 1730 g/mol. The lowest BCUT2D eigenvalue weighted by Gasteiger charge is -2.31. The molecule has 5 aromatic heterocycles. The Bertz CT molecular complexity index is 8930. The summed E-state index contributed by atoms with van der Waals surface area (Å²) in [5, 5.41) is 8.08. The zero-order valence-electron chi connectivity index (χ0n) is 74.6. The third-order valence-corrected chi connectivity index (χ3v) is 34.5. The molecular weight excluding hydrogens is 1650 g/mol. The maximum Gasteiger partial charge on any atom is 0.175 e. The van der Waals surface area contributed by atoms with Crippen LogP contribution in [0.3, 0.4) is 0 Å². The lowest BCUT2D eigenvalue weighted by Crippen LogP contribution is -2.34. The fourth-order valence-electron chi connectivity index (χ4n) is 19.3. The van der Waals surface area contributed by atoms with E-state index in [9.17, 15) is 0 Å². The minimum absolute atomic E-state index is 0.178. The van der Waals surface area contributed by atoms with E-state index < -0.39 is 27.5 Å². The maximum atomic E-state index is 16.3. The third-order valence-electron chi connectivity index (χ3n) is 25.0. The number of aromatic nitrogens is 9. The average Bonchev–Trinajstić information content (AvgIpc) is 1.60. The Morgan fingerprint density at radius 3 is 1.08 bits per heavy atom. The molecule has 0 spiro atoms. The highest BCUT2D eigenvalue weighted by Gasteiger charge is 2.46. The van der Waals surface area contributed by atoms with E-state index >= 15 is 13.7 Å². The molecule has 18 aromatic carbocycles. The SMILES string of the molecule is O=P1(c2ccccc2)c2c(-c3nc4ccccc4c4nc5ccccc5n34)cccc2-n2c(-c3ccccc3)nc3cccc1c32.O=P1(c2ccccc2)c2c(/C=C/c3ccccc3)cccc2-n2c(-c3ccccc3)nc3cccc1c32.[2H]c1c([2H])c([2H])c(-c2ccc(-c3ccc(-c4cccc5c4P(=O)(c4ccccc4)c4cccc6nc(-c7ccccc7)n-5c46)cc3)cc2)c([2H])c1[2H]. The molecule has 0 amide bonds. The molecule has 0 radical (unpaired) electrons. The van der Waals surface area contributed by atoms with Gasteiger partial charge in [-0.1, -0.05) is 382 Å². The van der Waals surface area contributed by atoms with Gasteiger partial charge in [0.1, 0.15) is 28.9 Å². The van der Waals surface area contributed by atoms with Crippen molar-refractivity contribution in [3.63, 3.8) is 0 Å². The van der Waals surface area contributed by atoms with Gasteiger partial charge in [-0.3, -0.25) is 18.1 Å². The Balaban J connectivity index is 0.000000112. The molecule has 0 fully saturated rings. The van der Waals surface area contributed by atoms with Crippen LogP contribution in [0.4, 0.5) is 0 Å². The van der Waals surface area contributed by atoms with E-state index in [1.54, 1.807) is 12.1 Å². The molecule has 12 nitrogen and oxygen atoms in total. The number of fused-ring (bicyclic) bond motifs is 11. The quantitative estimate of drug-likeness (QED) is 0.0872. The molecule has 130 heavy (non-hydrogen) atoms. The molecule has 0 N–H and O–H groups in total. The van der Waals surface area contributed by atoms with E-state index in [-0.39, 0.29) is 29.7 Å². The van der Waals surface area contributed by atoms with E-state index in [4.69, 9.17) is 31.8 Å². The van der Waals surface area contributed by atoms with Crippen molar-refractivity contribution < 1.29 is 20.5 Å². The van der Waals surface area contributed by atoms with Crippen molar-refractivity contribution in [2.24, 2.45) is 0 Å². The summed E-state index contributed by atoms with van der Waals surface area (Å²) in [6.07, 6.45) is 4.18. The molecule has 8 heterocycles. The van der Waals surface area contributed by atoms with Gasteiger partial charge in [-0.15, -0.1) is 0 Å². The summed E-state index contributed by atoms with van der Waals surface area (Å²) in [6.45, 7) is 0. The van der Waals surface area contributed by atoms with Crippen LogP contribution in [0.15, 0.2) is 449 Å². The second-order valence-corrected chi connectivity index (χ2v) is 40.3. The normalized spacial score (nSPS) is 16.1. The number of hydrogen-bond acceptors (Lipinski definition) is 8. The Hall–Kier alpha value is -16.1. The van der Waals surface area contributed by atoms with Gasteiger partial charge in [0.05, 0.1) is 89.5 Å². The van der Waals surface area contributed by atoms with Crippen LogP contribution < -0.4 is 47.7 Å². The van der Waals surface area contributed by atoms with E-state index in [1.807, 2.05) is 322 Å². The van der Waals surface area contributed by atoms with Crippen LogP contribution in [0.2, 0.25) is 0 Å². The summed E-state index contributed by atoms with van der Waals surface area (Å²) in [4.78, 5) is 25.7. The molecule has 0 saturated carbocycles. The molecule has 0 saturated heterocycles. The number of rotatable bonds is 12. The summed E-state index contributed by atoms with van der Waals surface area (Å²) in [5.41, 5.74) is 21.4. The highest BCUT2D eigenvalue weighted by molar-refractivity contribution is 7.87. The second-order valence-electron chi connectivity index (χ2n) is 32.4. The number of nitrogens with zero attached hydrogens (tertiary/aromatic N) is 9. The number of hydrogen-bond donors (Lipinski definition) is 0. The van der Waals surface area contributed by atoms with Crippen LogP contribution in [0.5, 0.6) is 0 Å².